The van der Waals surface area contributed by atoms with Crippen molar-refractivity contribution in [3.63, 3.8) is 0 Å². The third kappa shape index (κ3) is 6.52. The zero-order valence-electron chi connectivity index (χ0n) is 14.7. The van der Waals surface area contributed by atoms with Crippen molar-refractivity contribution in [2.75, 3.05) is 13.6 Å². The maximum absolute atomic E-state index is 12.2. The summed E-state index contributed by atoms with van der Waals surface area (Å²) >= 11 is 0. The van der Waals surface area contributed by atoms with E-state index in [9.17, 15) is 14.4 Å². The zero-order valence-corrected chi connectivity index (χ0v) is 14.7. The van der Waals surface area contributed by atoms with Crippen LogP contribution in [0.1, 0.15) is 55.5 Å². The van der Waals surface area contributed by atoms with Gasteiger partial charge in [-0.1, -0.05) is 44.5 Å². The number of Topliss-reactive ketones (excluding diaryl/α,β-unsaturated/α-hetero) is 1. The van der Waals surface area contributed by atoms with E-state index in [1.165, 1.54) is 10.5 Å². The normalized spacial score (nSPS) is 11.8. The molecule has 1 unspecified atom stereocenters. The van der Waals surface area contributed by atoms with Crippen LogP contribution in [-0.2, 0) is 16.0 Å². The Balaban J connectivity index is 2.47. The number of benzene rings is 1. The Hall–Kier alpha value is -2.17. The summed E-state index contributed by atoms with van der Waals surface area (Å²) in [6.07, 6.45) is 3.51. The summed E-state index contributed by atoms with van der Waals surface area (Å²) in [6.45, 7) is 3.84. The number of aliphatic carboxylic acids is 1. The Bertz CT molecular complexity index is 565. The molecule has 1 N–H and O–H groups in total. The van der Waals surface area contributed by atoms with E-state index in [0.29, 0.717) is 5.56 Å². The minimum atomic E-state index is -0.936. The van der Waals surface area contributed by atoms with Gasteiger partial charge >= 0.3 is 5.97 Å². The third-order valence-corrected chi connectivity index (χ3v) is 4.06. The lowest BCUT2D eigenvalue weighted by molar-refractivity contribution is -0.142. The van der Waals surface area contributed by atoms with Gasteiger partial charge < -0.3 is 10.0 Å². The number of hydrogen-bond donors (Lipinski definition) is 1. The lowest BCUT2D eigenvalue weighted by Crippen LogP contribution is -2.33. The summed E-state index contributed by atoms with van der Waals surface area (Å²) in [5.41, 5.74) is 1.83. The van der Waals surface area contributed by atoms with Crippen molar-refractivity contribution in [2.24, 2.45) is 5.92 Å². The lowest BCUT2D eigenvalue weighted by atomic mass is 10.0. The highest BCUT2D eigenvalue weighted by molar-refractivity contribution is 5.98. The molecule has 0 heterocycles. The Morgan fingerprint density at radius 1 is 1.12 bits per heavy atom. The third-order valence-electron chi connectivity index (χ3n) is 4.06. The molecule has 5 nitrogen and oxygen atoms in total. The first kappa shape index (κ1) is 19.9. The fraction of sp³-hybridized carbons (Fsp3) is 0.526. The van der Waals surface area contributed by atoms with Crippen LogP contribution in [0.25, 0.3) is 0 Å². The van der Waals surface area contributed by atoms with Gasteiger partial charge in [0.1, 0.15) is 0 Å². The largest absolute Gasteiger partial charge is 0.481 e. The lowest BCUT2D eigenvalue weighted by Gasteiger charge is -2.19. The van der Waals surface area contributed by atoms with Crippen LogP contribution in [0.3, 0.4) is 0 Å². The van der Waals surface area contributed by atoms with Crippen molar-refractivity contribution in [2.45, 2.75) is 46.0 Å². The number of ketones is 1. The quantitative estimate of drug-likeness (QED) is 0.667. The summed E-state index contributed by atoms with van der Waals surface area (Å²) in [7, 11) is 1.56. The number of nitrogens with zero attached hydrogens (tertiary/aromatic N) is 1. The minimum absolute atomic E-state index is 0.0647. The van der Waals surface area contributed by atoms with Gasteiger partial charge in [-0.05, 0) is 18.4 Å². The van der Waals surface area contributed by atoms with Gasteiger partial charge in [0.15, 0.2) is 5.78 Å². The molecule has 132 valence electrons. The molecule has 0 aromatic heterocycles. The molecule has 1 aromatic carbocycles. The average molecular weight is 333 g/mol. The van der Waals surface area contributed by atoms with E-state index in [2.05, 4.69) is 6.92 Å². The van der Waals surface area contributed by atoms with Crippen molar-refractivity contribution in [3.8, 4) is 0 Å². The number of amides is 1. The Kier molecular flexibility index (Phi) is 8.16. The molecule has 5 heteroatoms. The number of carboxylic acid groups (broad SMARTS) is 1. The van der Waals surface area contributed by atoms with Gasteiger partial charge in [-0.15, -0.1) is 0 Å². The predicted molar refractivity (Wildman–Crippen MR) is 93.1 cm³/mol. The topological polar surface area (TPSA) is 74.7 Å². The van der Waals surface area contributed by atoms with Crippen molar-refractivity contribution >= 4 is 17.7 Å². The van der Waals surface area contributed by atoms with Crippen LogP contribution in [0.15, 0.2) is 24.3 Å². The second kappa shape index (κ2) is 9.85. The number of rotatable bonds is 10. The molecule has 1 aromatic rings. The van der Waals surface area contributed by atoms with Gasteiger partial charge in [-0.2, -0.15) is 0 Å². The molecular formula is C19H27NO4. The maximum Gasteiger partial charge on any atom is 0.308 e. The van der Waals surface area contributed by atoms with Crippen LogP contribution in [0, 0.1) is 5.92 Å². The van der Waals surface area contributed by atoms with E-state index >= 15 is 0 Å². The molecule has 24 heavy (non-hydrogen) atoms. The van der Waals surface area contributed by atoms with Gasteiger partial charge in [0.2, 0.25) is 5.91 Å². The van der Waals surface area contributed by atoms with Gasteiger partial charge in [-0.3, -0.25) is 14.4 Å². The Labute approximate surface area is 143 Å². The molecule has 0 aliphatic rings. The highest BCUT2D eigenvalue weighted by Crippen LogP contribution is 2.11. The molecule has 0 aliphatic heterocycles. The monoisotopic (exact) mass is 333 g/mol. The molecule has 0 radical (unpaired) electrons. The van der Waals surface area contributed by atoms with Crippen LogP contribution in [-0.4, -0.2) is 41.3 Å². The smallest absolute Gasteiger partial charge is 0.308 e. The highest BCUT2D eigenvalue weighted by Gasteiger charge is 2.18. The van der Waals surface area contributed by atoms with E-state index in [1.54, 1.807) is 14.0 Å². The predicted octanol–water partition coefficient (Wildman–Crippen LogP) is 3.17. The first-order valence-corrected chi connectivity index (χ1v) is 8.44. The van der Waals surface area contributed by atoms with Crippen LogP contribution < -0.4 is 0 Å². The molecule has 0 bridgehead atoms. The average Bonchev–Trinajstić information content (AvgIpc) is 2.57. The Morgan fingerprint density at radius 3 is 2.29 bits per heavy atom. The fourth-order valence-electron chi connectivity index (χ4n) is 2.38. The van der Waals surface area contributed by atoms with Crippen LogP contribution in [0.2, 0.25) is 0 Å². The first-order valence-electron chi connectivity index (χ1n) is 8.44. The van der Waals surface area contributed by atoms with Gasteiger partial charge in [-0.25, -0.2) is 0 Å². The number of carboxylic acids is 1. The van der Waals surface area contributed by atoms with Crippen LogP contribution in [0.5, 0.6) is 0 Å². The van der Waals surface area contributed by atoms with Crippen LogP contribution >= 0.6 is 0 Å². The molecule has 1 amide bonds. The molecule has 0 fully saturated rings. The SMILES string of the molecule is CCCCc1ccc(C(=O)CCC(=O)N(C)CC(C)C(=O)O)cc1. The van der Waals surface area contributed by atoms with E-state index < -0.39 is 11.9 Å². The fourth-order valence-corrected chi connectivity index (χ4v) is 2.38. The molecule has 1 rings (SSSR count). The molecule has 0 spiro atoms. The second-order valence-corrected chi connectivity index (χ2v) is 6.24. The Morgan fingerprint density at radius 2 is 1.75 bits per heavy atom. The number of carbonyl (C=O) groups excluding carboxylic acids is 2. The number of hydrogen-bond acceptors (Lipinski definition) is 3. The van der Waals surface area contributed by atoms with E-state index in [-0.39, 0.29) is 31.1 Å². The summed E-state index contributed by atoms with van der Waals surface area (Å²) in [5.74, 6) is -1.83. The minimum Gasteiger partial charge on any atom is -0.481 e. The van der Waals surface area contributed by atoms with Crippen LogP contribution in [0.4, 0.5) is 0 Å². The first-order chi connectivity index (χ1) is 11.3. The zero-order chi connectivity index (χ0) is 18.1. The van der Waals surface area contributed by atoms with Gasteiger partial charge in [0.05, 0.1) is 5.92 Å². The van der Waals surface area contributed by atoms with Crippen molar-refractivity contribution in [1.29, 1.82) is 0 Å². The summed E-state index contributed by atoms with van der Waals surface area (Å²) in [4.78, 5) is 36.3. The number of unbranched alkanes of at least 4 members (excludes halogenated alkanes) is 1. The van der Waals surface area contributed by atoms with Gasteiger partial charge in [0.25, 0.3) is 0 Å². The molecular weight excluding hydrogens is 306 g/mol. The van der Waals surface area contributed by atoms with E-state index in [1.807, 2.05) is 24.3 Å². The number of carbonyl (C=O) groups is 3. The van der Waals surface area contributed by atoms with Crippen molar-refractivity contribution in [3.05, 3.63) is 35.4 Å². The molecule has 0 aliphatic carbocycles. The molecule has 1 atom stereocenters. The van der Waals surface area contributed by atoms with Gasteiger partial charge in [0, 0.05) is 32.0 Å². The van der Waals surface area contributed by atoms with E-state index in [4.69, 9.17) is 5.11 Å². The summed E-state index contributed by atoms with van der Waals surface area (Å²) in [5, 5.41) is 8.86. The van der Waals surface area contributed by atoms with Crippen molar-refractivity contribution in [1.82, 2.24) is 4.90 Å². The number of aryl methyl sites for hydroxylation is 1. The highest BCUT2D eigenvalue weighted by atomic mass is 16.4. The molecule has 0 saturated heterocycles. The second-order valence-electron chi connectivity index (χ2n) is 6.24. The van der Waals surface area contributed by atoms with Crippen molar-refractivity contribution < 1.29 is 19.5 Å². The molecule has 0 saturated carbocycles. The van der Waals surface area contributed by atoms with E-state index in [0.717, 1.165) is 19.3 Å². The summed E-state index contributed by atoms with van der Waals surface area (Å²) < 4.78 is 0. The summed E-state index contributed by atoms with van der Waals surface area (Å²) in [6, 6.07) is 7.55. The maximum atomic E-state index is 12.2. The standard InChI is InChI=1S/C19H27NO4/c1-4-5-6-15-7-9-16(10-8-15)17(21)11-12-18(22)20(3)13-14(2)19(23)24/h7-10,14H,4-6,11-13H2,1-3H3,(H,23,24).